The topological polar surface area (TPSA) is 62.6 Å². The summed E-state index contributed by atoms with van der Waals surface area (Å²) in [6, 6.07) is 13.2. The number of halogens is 1. The molecule has 4 rings (SSSR count). The smallest absolute Gasteiger partial charge is 0.237 e. The zero-order chi connectivity index (χ0) is 22.0. The third kappa shape index (κ3) is 4.99. The van der Waals surface area contributed by atoms with E-state index in [-0.39, 0.29) is 34.5 Å². The predicted molar refractivity (Wildman–Crippen MR) is 121 cm³/mol. The van der Waals surface area contributed by atoms with Gasteiger partial charge in [-0.15, -0.1) is 11.8 Å². The first kappa shape index (κ1) is 21.6. The Labute approximate surface area is 184 Å². The number of rotatable bonds is 6. The molecule has 1 aliphatic heterocycles. The molecule has 1 amide bonds. The number of fused-ring (bicyclic) bond motifs is 1. The first-order chi connectivity index (χ1) is 14.9. The predicted octanol–water partition coefficient (Wildman–Crippen LogP) is 4.19. The molecule has 0 bridgehead atoms. The lowest BCUT2D eigenvalue weighted by atomic mass is 10.1. The van der Waals surface area contributed by atoms with Crippen LogP contribution in [0.4, 0.5) is 4.39 Å². The van der Waals surface area contributed by atoms with Crippen LogP contribution in [0.25, 0.3) is 11.0 Å². The van der Waals surface area contributed by atoms with Crippen LogP contribution in [0.5, 0.6) is 0 Å². The van der Waals surface area contributed by atoms with E-state index in [9.17, 15) is 14.0 Å². The SMILES string of the molecule is CC(C)NC(=O)[C@@H]1C[C@@H](Sc2ccc(F)cc2)CN1Cc1coc2ccccc2c1=O. The molecule has 7 heteroatoms. The normalized spacial score (nSPS) is 19.2. The van der Waals surface area contributed by atoms with Gasteiger partial charge in [0, 0.05) is 34.8 Å². The van der Waals surface area contributed by atoms with Crippen molar-refractivity contribution in [1.82, 2.24) is 10.2 Å². The average molecular weight is 441 g/mol. The highest BCUT2D eigenvalue weighted by molar-refractivity contribution is 8.00. The standard InChI is InChI=1S/C24H25FN2O3S/c1-15(2)26-24(29)21-11-19(31-18-9-7-17(25)8-10-18)13-27(21)12-16-14-30-22-6-4-3-5-20(22)23(16)28/h3-10,14-15,19,21H,11-13H2,1-2H3,(H,26,29)/t19-,21+/m1/s1. The van der Waals surface area contributed by atoms with Crippen molar-refractivity contribution in [2.75, 3.05) is 6.54 Å². The number of carbonyl (C=O) groups excluding carboxylic acids is 1. The van der Waals surface area contributed by atoms with E-state index in [1.165, 1.54) is 18.4 Å². The minimum Gasteiger partial charge on any atom is -0.464 e. The van der Waals surface area contributed by atoms with Crippen LogP contribution in [0.2, 0.25) is 0 Å². The molecule has 2 aromatic carbocycles. The summed E-state index contributed by atoms with van der Waals surface area (Å²) in [5, 5.41) is 3.69. The monoisotopic (exact) mass is 440 g/mol. The van der Waals surface area contributed by atoms with Crippen LogP contribution in [0.1, 0.15) is 25.8 Å². The Morgan fingerprint density at radius 1 is 1.23 bits per heavy atom. The Bertz CT molecular complexity index is 1130. The minimum atomic E-state index is -0.341. The molecule has 31 heavy (non-hydrogen) atoms. The number of benzene rings is 2. The van der Waals surface area contributed by atoms with E-state index in [4.69, 9.17) is 4.42 Å². The number of amides is 1. The number of nitrogens with zero attached hydrogens (tertiary/aromatic N) is 1. The fraction of sp³-hybridized carbons (Fsp3) is 0.333. The number of carbonyl (C=O) groups is 1. The van der Waals surface area contributed by atoms with Gasteiger partial charge in [0.1, 0.15) is 11.4 Å². The third-order valence-electron chi connectivity index (χ3n) is 5.34. The fourth-order valence-electron chi connectivity index (χ4n) is 3.93. The van der Waals surface area contributed by atoms with Crippen molar-refractivity contribution in [2.45, 2.75) is 49.0 Å². The van der Waals surface area contributed by atoms with Crippen molar-refractivity contribution in [3.05, 3.63) is 76.4 Å². The van der Waals surface area contributed by atoms with Crippen LogP contribution in [0, 0.1) is 5.82 Å². The zero-order valence-electron chi connectivity index (χ0n) is 17.5. The zero-order valence-corrected chi connectivity index (χ0v) is 18.3. The van der Waals surface area contributed by atoms with E-state index in [1.807, 2.05) is 30.9 Å². The molecule has 1 aromatic heterocycles. The minimum absolute atomic E-state index is 0.0314. The van der Waals surface area contributed by atoms with Gasteiger partial charge in [-0.05, 0) is 56.7 Å². The quantitative estimate of drug-likeness (QED) is 0.623. The maximum atomic E-state index is 13.2. The van der Waals surface area contributed by atoms with Gasteiger partial charge in [-0.1, -0.05) is 12.1 Å². The van der Waals surface area contributed by atoms with Crippen molar-refractivity contribution >= 4 is 28.6 Å². The second-order valence-corrected chi connectivity index (χ2v) is 9.50. The third-order valence-corrected chi connectivity index (χ3v) is 6.56. The number of hydrogen-bond donors (Lipinski definition) is 1. The number of hydrogen-bond acceptors (Lipinski definition) is 5. The van der Waals surface area contributed by atoms with Crippen molar-refractivity contribution in [3.63, 3.8) is 0 Å². The van der Waals surface area contributed by atoms with Crippen molar-refractivity contribution in [2.24, 2.45) is 0 Å². The highest BCUT2D eigenvalue weighted by atomic mass is 32.2. The molecule has 1 saturated heterocycles. The van der Waals surface area contributed by atoms with Crippen LogP contribution < -0.4 is 10.7 Å². The summed E-state index contributed by atoms with van der Waals surface area (Å²) in [6.45, 7) is 4.84. The first-order valence-corrected chi connectivity index (χ1v) is 11.2. The molecule has 1 N–H and O–H groups in total. The summed E-state index contributed by atoms with van der Waals surface area (Å²) in [4.78, 5) is 28.8. The lowest BCUT2D eigenvalue weighted by molar-refractivity contribution is -0.126. The molecule has 1 fully saturated rings. The van der Waals surface area contributed by atoms with Crippen molar-refractivity contribution < 1.29 is 13.6 Å². The molecular weight excluding hydrogens is 415 g/mol. The first-order valence-electron chi connectivity index (χ1n) is 10.4. The van der Waals surface area contributed by atoms with E-state index < -0.39 is 0 Å². The van der Waals surface area contributed by atoms with Gasteiger partial charge in [0.15, 0.2) is 5.43 Å². The highest BCUT2D eigenvalue weighted by Crippen LogP contribution is 2.34. The molecule has 0 aliphatic carbocycles. The molecule has 0 unspecified atom stereocenters. The summed E-state index contributed by atoms with van der Waals surface area (Å²) < 4.78 is 18.9. The molecule has 0 radical (unpaired) electrons. The molecule has 5 nitrogen and oxygen atoms in total. The van der Waals surface area contributed by atoms with E-state index >= 15 is 0 Å². The molecule has 1 aliphatic rings. The number of para-hydroxylation sites is 1. The second-order valence-electron chi connectivity index (χ2n) is 8.12. The molecule has 0 saturated carbocycles. The lowest BCUT2D eigenvalue weighted by Gasteiger charge is -2.24. The van der Waals surface area contributed by atoms with Gasteiger partial charge in [0.2, 0.25) is 5.91 Å². The van der Waals surface area contributed by atoms with Gasteiger partial charge >= 0.3 is 0 Å². The van der Waals surface area contributed by atoms with E-state index in [0.29, 0.717) is 36.0 Å². The summed E-state index contributed by atoms with van der Waals surface area (Å²) >= 11 is 1.63. The Morgan fingerprint density at radius 2 is 1.97 bits per heavy atom. The maximum Gasteiger partial charge on any atom is 0.237 e. The second kappa shape index (κ2) is 9.24. The fourth-order valence-corrected chi connectivity index (χ4v) is 5.15. The largest absolute Gasteiger partial charge is 0.464 e. The van der Waals surface area contributed by atoms with Crippen molar-refractivity contribution in [3.8, 4) is 0 Å². The van der Waals surface area contributed by atoms with Crippen LogP contribution in [0.3, 0.4) is 0 Å². The van der Waals surface area contributed by atoms with Gasteiger partial charge in [-0.3, -0.25) is 14.5 Å². The molecular formula is C24H25FN2O3S. The van der Waals surface area contributed by atoms with Crippen LogP contribution in [0.15, 0.2) is 68.9 Å². The van der Waals surface area contributed by atoms with Crippen LogP contribution in [-0.4, -0.2) is 34.7 Å². The summed E-state index contributed by atoms with van der Waals surface area (Å²) in [6.07, 6.45) is 2.15. The Hall–Kier alpha value is -2.64. The van der Waals surface area contributed by atoms with Crippen LogP contribution in [-0.2, 0) is 11.3 Å². The van der Waals surface area contributed by atoms with Gasteiger partial charge in [-0.25, -0.2) is 4.39 Å². The Morgan fingerprint density at radius 3 is 2.71 bits per heavy atom. The summed E-state index contributed by atoms with van der Waals surface area (Å²) in [5.74, 6) is -0.308. The number of thioether (sulfide) groups is 1. The Balaban J connectivity index is 1.57. The van der Waals surface area contributed by atoms with E-state index in [1.54, 1.807) is 36.0 Å². The van der Waals surface area contributed by atoms with Gasteiger partial charge < -0.3 is 9.73 Å². The van der Waals surface area contributed by atoms with E-state index in [2.05, 4.69) is 5.32 Å². The lowest BCUT2D eigenvalue weighted by Crippen LogP contribution is -2.45. The highest BCUT2D eigenvalue weighted by Gasteiger charge is 2.37. The van der Waals surface area contributed by atoms with Gasteiger partial charge in [0.25, 0.3) is 0 Å². The number of likely N-dealkylation sites (tertiary alicyclic amines) is 1. The molecule has 0 spiro atoms. The Kier molecular flexibility index (Phi) is 6.43. The van der Waals surface area contributed by atoms with Crippen LogP contribution >= 0.6 is 11.8 Å². The average Bonchev–Trinajstić information content (AvgIpc) is 3.14. The van der Waals surface area contributed by atoms with E-state index in [0.717, 1.165) is 4.90 Å². The number of nitrogens with one attached hydrogen (secondary N) is 1. The summed E-state index contributed by atoms with van der Waals surface area (Å²) in [7, 11) is 0. The molecule has 2 heterocycles. The molecule has 3 aromatic rings. The molecule has 162 valence electrons. The van der Waals surface area contributed by atoms with Gasteiger partial charge in [-0.2, -0.15) is 0 Å². The summed E-state index contributed by atoms with van der Waals surface area (Å²) in [5.41, 5.74) is 1.02. The maximum absolute atomic E-state index is 13.2. The van der Waals surface area contributed by atoms with Gasteiger partial charge in [0.05, 0.1) is 17.7 Å². The van der Waals surface area contributed by atoms with Crippen molar-refractivity contribution in [1.29, 1.82) is 0 Å². The molecule has 2 atom stereocenters.